The van der Waals surface area contributed by atoms with Crippen LogP contribution in [0.5, 0.6) is 0 Å². The van der Waals surface area contributed by atoms with Gasteiger partial charge in [-0.2, -0.15) is 0 Å². The predicted molar refractivity (Wildman–Crippen MR) is 51.6 cm³/mol. The molecule has 1 aliphatic heterocycles. The summed E-state index contributed by atoms with van der Waals surface area (Å²) in [6, 6.07) is 0. The lowest BCUT2D eigenvalue weighted by molar-refractivity contribution is -0.145. The zero-order valence-corrected chi connectivity index (χ0v) is 8.51. The molecule has 1 aliphatic carbocycles. The van der Waals surface area contributed by atoms with E-state index in [1.54, 1.807) is 0 Å². The molecule has 1 atom stereocenters. The van der Waals surface area contributed by atoms with Crippen LogP contribution in [0.15, 0.2) is 11.1 Å². The number of cyclic esters (lactones) is 1. The van der Waals surface area contributed by atoms with Crippen LogP contribution in [0, 0.1) is 5.41 Å². The quantitative estimate of drug-likeness (QED) is 0.679. The van der Waals surface area contributed by atoms with E-state index >= 15 is 0 Å². The molecule has 1 unspecified atom stereocenters. The highest BCUT2D eigenvalue weighted by molar-refractivity contribution is 5.90. The van der Waals surface area contributed by atoms with E-state index in [1.807, 2.05) is 6.92 Å². The van der Waals surface area contributed by atoms with Gasteiger partial charge in [0.25, 0.3) is 0 Å². The Morgan fingerprint density at radius 2 is 2.36 bits per heavy atom. The highest BCUT2D eigenvalue weighted by atomic mass is 16.5. The standard InChI is InChI=1S/C11H16O3/c1-2-8-9-4-3-5-11(9,6-12)7-14-10(8)13/h12H,2-7H2,1H3. The number of hydrogen-bond donors (Lipinski definition) is 1. The van der Waals surface area contributed by atoms with Gasteiger partial charge in [-0.3, -0.25) is 0 Å². The maximum atomic E-state index is 11.5. The number of aliphatic hydroxyl groups is 1. The number of esters is 1. The number of carbonyl (C=O) groups is 1. The summed E-state index contributed by atoms with van der Waals surface area (Å²) in [5.41, 5.74) is 1.75. The van der Waals surface area contributed by atoms with Gasteiger partial charge in [-0.15, -0.1) is 0 Å². The number of hydrogen-bond acceptors (Lipinski definition) is 3. The van der Waals surface area contributed by atoms with Gasteiger partial charge in [-0.25, -0.2) is 4.79 Å². The highest BCUT2D eigenvalue weighted by Crippen LogP contribution is 2.47. The molecule has 3 heteroatoms. The van der Waals surface area contributed by atoms with Crippen LogP contribution >= 0.6 is 0 Å². The second-order valence-corrected chi connectivity index (χ2v) is 4.18. The van der Waals surface area contributed by atoms with Crippen LogP contribution in [0.1, 0.15) is 32.6 Å². The molecule has 2 rings (SSSR count). The molecule has 78 valence electrons. The second-order valence-electron chi connectivity index (χ2n) is 4.18. The Morgan fingerprint density at radius 3 is 3.00 bits per heavy atom. The molecule has 0 aromatic carbocycles. The average Bonchev–Trinajstić information content (AvgIpc) is 2.62. The van der Waals surface area contributed by atoms with E-state index in [0.29, 0.717) is 6.61 Å². The van der Waals surface area contributed by atoms with Crippen molar-refractivity contribution in [1.82, 2.24) is 0 Å². The van der Waals surface area contributed by atoms with Crippen LogP contribution in [-0.4, -0.2) is 24.3 Å². The maximum absolute atomic E-state index is 11.5. The van der Waals surface area contributed by atoms with Crippen molar-refractivity contribution in [1.29, 1.82) is 0 Å². The molecule has 0 amide bonds. The fraction of sp³-hybridized carbons (Fsp3) is 0.727. The zero-order chi connectivity index (χ0) is 10.2. The normalized spacial score (nSPS) is 31.7. The third-order valence-corrected chi connectivity index (χ3v) is 3.47. The van der Waals surface area contributed by atoms with E-state index < -0.39 is 0 Å². The highest BCUT2D eigenvalue weighted by Gasteiger charge is 2.44. The van der Waals surface area contributed by atoms with Crippen LogP contribution in [0.4, 0.5) is 0 Å². The minimum atomic E-state index is -0.223. The molecule has 0 bridgehead atoms. The van der Waals surface area contributed by atoms with Gasteiger partial charge in [0.15, 0.2) is 0 Å². The lowest BCUT2D eigenvalue weighted by atomic mass is 9.79. The molecule has 1 fully saturated rings. The largest absolute Gasteiger partial charge is 0.461 e. The smallest absolute Gasteiger partial charge is 0.333 e. The van der Waals surface area contributed by atoms with Crippen molar-refractivity contribution in [3.8, 4) is 0 Å². The molecule has 3 nitrogen and oxygen atoms in total. The molecular weight excluding hydrogens is 180 g/mol. The number of carbonyl (C=O) groups excluding carboxylic acids is 1. The van der Waals surface area contributed by atoms with Crippen molar-refractivity contribution in [3.05, 3.63) is 11.1 Å². The minimum absolute atomic E-state index is 0.110. The lowest BCUT2D eigenvalue weighted by Gasteiger charge is -2.33. The summed E-state index contributed by atoms with van der Waals surface area (Å²) in [7, 11) is 0. The number of aliphatic hydroxyl groups excluding tert-OH is 1. The first kappa shape index (κ1) is 9.71. The molecular formula is C11H16O3. The summed E-state index contributed by atoms with van der Waals surface area (Å²) in [6.45, 7) is 2.45. The first-order valence-corrected chi connectivity index (χ1v) is 5.24. The van der Waals surface area contributed by atoms with Crippen molar-refractivity contribution in [2.45, 2.75) is 32.6 Å². The molecule has 1 N–H and O–H groups in total. The fourth-order valence-corrected chi connectivity index (χ4v) is 2.64. The molecule has 0 spiro atoms. The van der Waals surface area contributed by atoms with Gasteiger partial charge in [0.2, 0.25) is 0 Å². The first-order chi connectivity index (χ1) is 6.73. The van der Waals surface area contributed by atoms with Crippen LogP contribution < -0.4 is 0 Å². The van der Waals surface area contributed by atoms with Crippen LogP contribution in [-0.2, 0) is 9.53 Å². The first-order valence-electron chi connectivity index (χ1n) is 5.24. The Bertz CT molecular complexity index is 293. The Morgan fingerprint density at radius 1 is 1.57 bits per heavy atom. The van der Waals surface area contributed by atoms with Gasteiger partial charge >= 0.3 is 5.97 Å². The van der Waals surface area contributed by atoms with Crippen LogP contribution in [0.25, 0.3) is 0 Å². The van der Waals surface area contributed by atoms with Crippen molar-refractivity contribution in [2.24, 2.45) is 5.41 Å². The van der Waals surface area contributed by atoms with Crippen LogP contribution in [0.2, 0.25) is 0 Å². The van der Waals surface area contributed by atoms with Gasteiger partial charge in [0, 0.05) is 11.0 Å². The van der Waals surface area contributed by atoms with Gasteiger partial charge in [0.1, 0.15) is 6.61 Å². The fourth-order valence-electron chi connectivity index (χ4n) is 2.64. The predicted octanol–water partition coefficient (Wildman–Crippen LogP) is 1.41. The average molecular weight is 196 g/mol. The van der Waals surface area contributed by atoms with E-state index in [1.165, 1.54) is 5.57 Å². The summed E-state index contributed by atoms with van der Waals surface area (Å²) in [5, 5.41) is 9.43. The van der Waals surface area contributed by atoms with Crippen molar-refractivity contribution in [2.75, 3.05) is 13.2 Å². The molecule has 0 saturated heterocycles. The van der Waals surface area contributed by atoms with Gasteiger partial charge in [-0.1, -0.05) is 6.92 Å². The van der Waals surface area contributed by atoms with Crippen molar-refractivity contribution >= 4 is 5.97 Å². The third kappa shape index (κ3) is 1.19. The summed E-state index contributed by atoms with van der Waals surface area (Å²) in [6.07, 6.45) is 3.69. The van der Waals surface area contributed by atoms with Gasteiger partial charge < -0.3 is 9.84 Å². The molecule has 0 aromatic rings. The molecule has 0 radical (unpaired) electrons. The molecule has 14 heavy (non-hydrogen) atoms. The van der Waals surface area contributed by atoms with E-state index in [9.17, 15) is 9.90 Å². The summed E-state index contributed by atoms with van der Waals surface area (Å²) >= 11 is 0. The zero-order valence-electron chi connectivity index (χ0n) is 8.51. The molecule has 1 saturated carbocycles. The maximum Gasteiger partial charge on any atom is 0.333 e. The third-order valence-electron chi connectivity index (χ3n) is 3.47. The van der Waals surface area contributed by atoms with E-state index in [-0.39, 0.29) is 18.0 Å². The summed E-state index contributed by atoms with van der Waals surface area (Å²) in [5.74, 6) is -0.173. The van der Waals surface area contributed by atoms with Gasteiger partial charge in [0.05, 0.1) is 6.61 Å². The van der Waals surface area contributed by atoms with Gasteiger partial charge in [-0.05, 0) is 31.3 Å². The minimum Gasteiger partial charge on any atom is -0.461 e. The topological polar surface area (TPSA) is 46.5 Å². The molecule has 1 heterocycles. The molecule has 0 aromatic heterocycles. The second kappa shape index (κ2) is 3.39. The number of ether oxygens (including phenoxy) is 1. The Labute approximate surface area is 83.8 Å². The van der Waals surface area contributed by atoms with Crippen LogP contribution in [0.3, 0.4) is 0 Å². The van der Waals surface area contributed by atoms with E-state index in [4.69, 9.17) is 4.74 Å². The van der Waals surface area contributed by atoms with Crippen molar-refractivity contribution < 1.29 is 14.6 Å². The number of fused-ring (bicyclic) bond motifs is 1. The Kier molecular flexibility index (Phi) is 2.35. The number of rotatable bonds is 2. The molecule has 2 aliphatic rings. The lowest BCUT2D eigenvalue weighted by Crippen LogP contribution is -2.36. The van der Waals surface area contributed by atoms with E-state index in [0.717, 1.165) is 31.3 Å². The SMILES string of the molecule is CCC1=C2CCCC2(CO)COC1=O. The Hall–Kier alpha value is -0.830. The summed E-state index contributed by atoms with van der Waals surface area (Å²) < 4.78 is 5.13. The van der Waals surface area contributed by atoms with Crippen molar-refractivity contribution in [3.63, 3.8) is 0 Å². The Balaban J connectivity index is 2.45. The summed E-state index contributed by atoms with van der Waals surface area (Å²) in [4.78, 5) is 11.5. The monoisotopic (exact) mass is 196 g/mol. The van der Waals surface area contributed by atoms with E-state index in [2.05, 4.69) is 0 Å².